The summed E-state index contributed by atoms with van der Waals surface area (Å²) in [5.74, 6) is 2.11. The lowest BCUT2D eigenvalue weighted by molar-refractivity contribution is 0.287. The Bertz CT molecular complexity index is 532. The van der Waals surface area contributed by atoms with Crippen LogP contribution in [0.25, 0.3) is 0 Å². The standard InChI is InChI=1S/C14H19N3O2/c1-10(2)17-11(8-14(15)16-17)9-19-13-6-4-12(18-3)5-7-13/h4-8,10H,9H2,1-3H3,(H2,15,16). The lowest BCUT2D eigenvalue weighted by atomic mass is 10.3. The first-order chi connectivity index (χ1) is 9.10. The SMILES string of the molecule is COc1ccc(OCc2cc(N)nn2C(C)C)cc1. The zero-order valence-corrected chi connectivity index (χ0v) is 11.5. The third-order valence-corrected chi connectivity index (χ3v) is 2.77. The largest absolute Gasteiger partial charge is 0.497 e. The molecular formula is C14H19N3O2. The van der Waals surface area contributed by atoms with E-state index >= 15 is 0 Å². The second-order valence-electron chi connectivity index (χ2n) is 4.56. The van der Waals surface area contributed by atoms with Gasteiger partial charge in [-0.15, -0.1) is 0 Å². The Morgan fingerprint density at radius 3 is 2.42 bits per heavy atom. The highest BCUT2D eigenvalue weighted by Crippen LogP contribution is 2.19. The van der Waals surface area contributed by atoms with Crippen molar-refractivity contribution in [1.29, 1.82) is 0 Å². The summed E-state index contributed by atoms with van der Waals surface area (Å²) < 4.78 is 12.7. The molecule has 1 aromatic heterocycles. The Hall–Kier alpha value is -2.17. The molecule has 0 atom stereocenters. The number of ether oxygens (including phenoxy) is 2. The van der Waals surface area contributed by atoms with Gasteiger partial charge in [0, 0.05) is 12.1 Å². The molecule has 1 heterocycles. The zero-order valence-electron chi connectivity index (χ0n) is 11.5. The summed E-state index contributed by atoms with van der Waals surface area (Å²) in [5.41, 5.74) is 6.68. The average Bonchev–Trinajstić information content (AvgIpc) is 2.78. The molecule has 2 aromatic rings. The summed E-state index contributed by atoms with van der Waals surface area (Å²) >= 11 is 0. The van der Waals surface area contributed by atoms with Crippen molar-refractivity contribution in [3.05, 3.63) is 36.0 Å². The van der Waals surface area contributed by atoms with E-state index in [1.54, 1.807) is 7.11 Å². The summed E-state index contributed by atoms with van der Waals surface area (Å²) in [5, 5.41) is 4.24. The lowest BCUT2D eigenvalue weighted by Gasteiger charge is -2.12. The summed E-state index contributed by atoms with van der Waals surface area (Å²) in [6.07, 6.45) is 0. The van der Waals surface area contributed by atoms with Gasteiger partial charge in [-0.1, -0.05) is 0 Å². The van der Waals surface area contributed by atoms with Crippen LogP contribution < -0.4 is 15.2 Å². The van der Waals surface area contributed by atoms with Crippen molar-refractivity contribution in [3.8, 4) is 11.5 Å². The number of hydrogen-bond donors (Lipinski definition) is 1. The van der Waals surface area contributed by atoms with E-state index in [2.05, 4.69) is 18.9 Å². The maximum absolute atomic E-state index is 5.72. The molecule has 102 valence electrons. The van der Waals surface area contributed by atoms with Crippen molar-refractivity contribution in [1.82, 2.24) is 9.78 Å². The van der Waals surface area contributed by atoms with Crippen LogP contribution >= 0.6 is 0 Å². The van der Waals surface area contributed by atoms with Crippen LogP contribution in [0.2, 0.25) is 0 Å². The molecule has 0 radical (unpaired) electrons. The molecule has 0 fully saturated rings. The molecule has 0 spiro atoms. The number of rotatable bonds is 5. The first kappa shape index (κ1) is 13.3. The molecule has 19 heavy (non-hydrogen) atoms. The van der Waals surface area contributed by atoms with Crippen LogP contribution in [0, 0.1) is 0 Å². The van der Waals surface area contributed by atoms with E-state index in [1.165, 1.54) is 0 Å². The van der Waals surface area contributed by atoms with Crippen LogP contribution in [0.1, 0.15) is 25.6 Å². The Morgan fingerprint density at radius 2 is 1.84 bits per heavy atom. The lowest BCUT2D eigenvalue weighted by Crippen LogP contribution is -2.10. The van der Waals surface area contributed by atoms with Gasteiger partial charge in [0.1, 0.15) is 23.9 Å². The number of anilines is 1. The van der Waals surface area contributed by atoms with E-state index in [1.807, 2.05) is 35.0 Å². The first-order valence-corrected chi connectivity index (χ1v) is 6.21. The molecule has 2 rings (SSSR count). The number of benzene rings is 1. The Balaban J connectivity index is 2.05. The molecule has 1 aromatic carbocycles. The average molecular weight is 261 g/mol. The second-order valence-corrected chi connectivity index (χ2v) is 4.56. The van der Waals surface area contributed by atoms with Gasteiger partial charge in [-0.05, 0) is 38.1 Å². The van der Waals surface area contributed by atoms with E-state index in [0.29, 0.717) is 12.4 Å². The highest BCUT2D eigenvalue weighted by Gasteiger charge is 2.09. The Kier molecular flexibility index (Phi) is 3.94. The third kappa shape index (κ3) is 3.19. The summed E-state index contributed by atoms with van der Waals surface area (Å²) in [7, 11) is 1.64. The van der Waals surface area contributed by atoms with Gasteiger partial charge < -0.3 is 15.2 Å². The predicted octanol–water partition coefficient (Wildman–Crippen LogP) is 2.63. The third-order valence-electron chi connectivity index (χ3n) is 2.77. The van der Waals surface area contributed by atoms with Crippen LogP contribution in [0.15, 0.2) is 30.3 Å². The number of nitrogens with zero attached hydrogens (tertiary/aromatic N) is 2. The molecule has 5 heteroatoms. The maximum atomic E-state index is 5.72. The molecule has 0 amide bonds. The van der Waals surface area contributed by atoms with Gasteiger partial charge in [-0.2, -0.15) is 5.10 Å². The first-order valence-electron chi connectivity index (χ1n) is 6.21. The predicted molar refractivity (Wildman–Crippen MR) is 74.4 cm³/mol. The molecular weight excluding hydrogens is 242 g/mol. The molecule has 5 nitrogen and oxygen atoms in total. The van der Waals surface area contributed by atoms with E-state index in [9.17, 15) is 0 Å². The molecule has 0 unspecified atom stereocenters. The van der Waals surface area contributed by atoms with Gasteiger partial charge in [0.15, 0.2) is 0 Å². The molecule has 0 aliphatic heterocycles. The van der Waals surface area contributed by atoms with E-state index in [4.69, 9.17) is 15.2 Å². The Morgan fingerprint density at radius 1 is 1.21 bits per heavy atom. The fraction of sp³-hybridized carbons (Fsp3) is 0.357. The minimum atomic E-state index is 0.256. The van der Waals surface area contributed by atoms with Crippen LogP contribution in [0.5, 0.6) is 11.5 Å². The van der Waals surface area contributed by atoms with Crippen molar-refractivity contribution in [2.24, 2.45) is 0 Å². The van der Waals surface area contributed by atoms with Crippen LogP contribution in [0.4, 0.5) is 5.82 Å². The Labute approximate surface area is 112 Å². The molecule has 0 bridgehead atoms. The van der Waals surface area contributed by atoms with Crippen LogP contribution in [-0.2, 0) is 6.61 Å². The summed E-state index contributed by atoms with van der Waals surface area (Å²) in [6.45, 7) is 4.56. The summed E-state index contributed by atoms with van der Waals surface area (Å²) in [4.78, 5) is 0. The topological polar surface area (TPSA) is 62.3 Å². The molecule has 0 aliphatic carbocycles. The summed E-state index contributed by atoms with van der Waals surface area (Å²) in [6, 6.07) is 9.57. The molecule has 0 aliphatic rings. The quantitative estimate of drug-likeness (QED) is 0.898. The van der Waals surface area contributed by atoms with Crippen molar-refractivity contribution >= 4 is 5.82 Å². The molecule has 0 saturated heterocycles. The van der Waals surface area contributed by atoms with Gasteiger partial charge >= 0.3 is 0 Å². The monoisotopic (exact) mass is 261 g/mol. The normalized spacial score (nSPS) is 10.7. The van der Waals surface area contributed by atoms with Crippen LogP contribution in [-0.4, -0.2) is 16.9 Å². The highest BCUT2D eigenvalue weighted by atomic mass is 16.5. The van der Waals surface area contributed by atoms with Gasteiger partial charge in [0.25, 0.3) is 0 Å². The van der Waals surface area contributed by atoms with E-state index in [-0.39, 0.29) is 6.04 Å². The van der Waals surface area contributed by atoms with Crippen molar-refractivity contribution in [3.63, 3.8) is 0 Å². The van der Waals surface area contributed by atoms with Crippen LogP contribution in [0.3, 0.4) is 0 Å². The number of hydrogen-bond acceptors (Lipinski definition) is 4. The van der Waals surface area contributed by atoms with Crippen molar-refractivity contribution in [2.75, 3.05) is 12.8 Å². The van der Waals surface area contributed by atoms with Crippen molar-refractivity contribution < 1.29 is 9.47 Å². The number of aromatic nitrogens is 2. The molecule has 2 N–H and O–H groups in total. The fourth-order valence-electron chi connectivity index (χ4n) is 1.84. The minimum Gasteiger partial charge on any atom is -0.497 e. The number of nitrogens with two attached hydrogens (primary N) is 1. The number of nitrogen functional groups attached to an aromatic ring is 1. The van der Waals surface area contributed by atoms with Gasteiger partial charge in [-0.25, -0.2) is 0 Å². The smallest absolute Gasteiger partial charge is 0.145 e. The maximum Gasteiger partial charge on any atom is 0.145 e. The fourth-order valence-corrected chi connectivity index (χ4v) is 1.84. The van der Waals surface area contributed by atoms with Gasteiger partial charge in [-0.3, -0.25) is 4.68 Å². The highest BCUT2D eigenvalue weighted by molar-refractivity contribution is 5.32. The minimum absolute atomic E-state index is 0.256. The van der Waals surface area contributed by atoms with E-state index in [0.717, 1.165) is 17.2 Å². The zero-order chi connectivity index (χ0) is 13.8. The van der Waals surface area contributed by atoms with E-state index < -0.39 is 0 Å². The second kappa shape index (κ2) is 5.65. The molecule has 0 saturated carbocycles. The van der Waals surface area contributed by atoms with Gasteiger partial charge in [0.2, 0.25) is 0 Å². The number of methoxy groups -OCH3 is 1. The van der Waals surface area contributed by atoms with Gasteiger partial charge in [0.05, 0.1) is 12.8 Å². The van der Waals surface area contributed by atoms with Crippen molar-refractivity contribution in [2.45, 2.75) is 26.5 Å².